The van der Waals surface area contributed by atoms with Gasteiger partial charge in [0.05, 0.1) is 6.61 Å². The molecule has 1 aromatic rings. The van der Waals surface area contributed by atoms with E-state index < -0.39 is 0 Å². The first-order chi connectivity index (χ1) is 6.04. The molecule has 1 aromatic carbocycles. The monoisotopic (exact) mass is 196 g/mol. The summed E-state index contributed by atoms with van der Waals surface area (Å²) in [5, 5.41) is 0. The van der Waals surface area contributed by atoms with E-state index >= 15 is 0 Å². The Morgan fingerprint density at radius 2 is 1.77 bits per heavy atom. The third kappa shape index (κ3) is 3.05. The molecule has 0 amide bonds. The lowest BCUT2D eigenvalue weighted by Crippen LogP contribution is -2.07. The molecule has 2 heteroatoms. The zero-order chi connectivity index (χ0) is 9.90. The topological polar surface area (TPSA) is 9.23 Å². The van der Waals surface area contributed by atoms with Crippen molar-refractivity contribution in [3.8, 4) is 0 Å². The van der Waals surface area contributed by atoms with Gasteiger partial charge in [-0.05, 0) is 25.0 Å². The van der Waals surface area contributed by atoms with E-state index in [1.807, 2.05) is 0 Å². The van der Waals surface area contributed by atoms with Crippen LogP contribution in [0.25, 0.3) is 0 Å². The molecule has 0 unspecified atom stereocenters. The van der Waals surface area contributed by atoms with Gasteiger partial charge >= 0.3 is 0 Å². The number of hydrogen-bond acceptors (Lipinski definition) is 2. The third-order valence-electron chi connectivity index (χ3n) is 1.97. The van der Waals surface area contributed by atoms with Gasteiger partial charge in [-0.15, -0.1) is 0 Å². The van der Waals surface area contributed by atoms with Crippen LogP contribution in [0.3, 0.4) is 0 Å². The molecule has 72 valence electrons. The van der Waals surface area contributed by atoms with E-state index in [2.05, 4.69) is 50.7 Å². The predicted octanol–water partition coefficient (Wildman–Crippen LogP) is 3.00. The maximum absolute atomic E-state index is 5.03. The summed E-state index contributed by atoms with van der Waals surface area (Å²) in [5.41, 5.74) is 2.43. The Hall–Kier alpha value is -0.470. The van der Waals surface area contributed by atoms with Gasteiger partial charge in [0.1, 0.15) is 0 Å². The molecule has 0 aliphatic carbocycles. The van der Waals surface area contributed by atoms with Crippen LogP contribution in [0.2, 0.25) is 0 Å². The average Bonchev–Trinajstić information content (AvgIpc) is 2.04. The van der Waals surface area contributed by atoms with Crippen molar-refractivity contribution in [2.45, 2.75) is 25.2 Å². The average molecular weight is 196 g/mol. The van der Waals surface area contributed by atoms with Crippen molar-refractivity contribution in [3.05, 3.63) is 35.4 Å². The Balaban J connectivity index is 2.81. The molecule has 1 rings (SSSR count). The second-order valence-corrected chi connectivity index (χ2v) is 4.81. The summed E-state index contributed by atoms with van der Waals surface area (Å²) in [5.74, 6) is 0. The fourth-order valence-corrected chi connectivity index (χ4v) is 1.32. The molecule has 0 aliphatic rings. The maximum Gasteiger partial charge on any atom is 0.0713 e. The van der Waals surface area contributed by atoms with Crippen molar-refractivity contribution in [2.24, 2.45) is 0 Å². The van der Waals surface area contributed by atoms with E-state index in [1.165, 1.54) is 11.1 Å². The van der Waals surface area contributed by atoms with E-state index in [-0.39, 0.29) is 4.75 Å². The van der Waals surface area contributed by atoms with Crippen LogP contribution < -0.4 is 0 Å². The zero-order valence-corrected chi connectivity index (χ0v) is 9.27. The van der Waals surface area contributed by atoms with Crippen LogP contribution in [0.15, 0.2) is 24.3 Å². The molecule has 0 saturated carbocycles. The maximum atomic E-state index is 5.03. The van der Waals surface area contributed by atoms with Gasteiger partial charge in [0, 0.05) is 11.9 Å². The Morgan fingerprint density at radius 1 is 1.23 bits per heavy atom. The molecule has 0 spiro atoms. The molecular weight excluding hydrogens is 180 g/mol. The summed E-state index contributed by atoms with van der Waals surface area (Å²) in [7, 11) is 1.70. The highest BCUT2D eigenvalue weighted by Gasteiger charge is 2.13. The molecule has 0 bridgehead atoms. The van der Waals surface area contributed by atoms with Crippen LogP contribution >= 0.6 is 12.6 Å². The highest BCUT2D eigenvalue weighted by atomic mass is 32.1. The molecule has 0 aromatic heterocycles. The van der Waals surface area contributed by atoms with Gasteiger partial charge in [-0.2, -0.15) is 12.6 Å². The van der Waals surface area contributed by atoms with Crippen molar-refractivity contribution < 1.29 is 4.74 Å². The van der Waals surface area contributed by atoms with Gasteiger partial charge in [-0.1, -0.05) is 24.3 Å². The number of methoxy groups -OCH3 is 1. The van der Waals surface area contributed by atoms with Gasteiger partial charge in [0.15, 0.2) is 0 Å². The summed E-state index contributed by atoms with van der Waals surface area (Å²) in [6, 6.07) is 8.36. The second-order valence-electron chi connectivity index (χ2n) is 3.69. The minimum atomic E-state index is -0.0639. The SMILES string of the molecule is COCc1ccc(C(C)(C)S)cc1. The lowest BCUT2D eigenvalue weighted by atomic mass is 10.0. The van der Waals surface area contributed by atoms with E-state index in [0.717, 1.165) is 0 Å². The molecule has 0 atom stereocenters. The van der Waals surface area contributed by atoms with Gasteiger partial charge < -0.3 is 4.74 Å². The van der Waals surface area contributed by atoms with Gasteiger partial charge in [-0.25, -0.2) is 0 Å². The number of rotatable bonds is 3. The van der Waals surface area contributed by atoms with Crippen molar-refractivity contribution in [2.75, 3.05) is 7.11 Å². The van der Waals surface area contributed by atoms with Gasteiger partial charge in [0.2, 0.25) is 0 Å². The fraction of sp³-hybridized carbons (Fsp3) is 0.455. The number of hydrogen-bond donors (Lipinski definition) is 1. The van der Waals surface area contributed by atoms with Gasteiger partial charge in [-0.3, -0.25) is 0 Å². The zero-order valence-electron chi connectivity index (χ0n) is 8.37. The molecule has 1 nitrogen and oxygen atoms in total. The van der Waals surface area contributed by atoms with Crippen molar-refractivity contribution in [1.29, 1.82) is 0 Å². The van der Waals surface area contributed by atoms with Crippen LogP contribution in [0, 0.1) is 0 Å². The summed E-state index contributed by atoms with van der Waals surface area (Å²) in [6.45, 7) is 4.84. The molecule has 0 fully saturated rings. The third-order valence-corrected chi connectivity index (χ3v) is 2.23. The normalized spacial score (nSPS) is 11.7. The Kier molecular flexibility index (Phi) is 3.40. The Bertz CT molecular complexity index is 258. The Labute approximate surface area is 85.5 Å². The molecule has 0 heterocycles. The Morgan fingerprint density at radius 3 is 2.15 bits per heavy atom. The first-order valence-electron chi connectivity index (χ1n) is 4.35. The smallest absolute Gasteiger partial charge is 0.0713 e. The van der Waals surface area contributed by atoms with Crippen LogP contribution in [-0.2, 0) is 16.1 Å². The van der Waals surface area contributed by atoms with E-state index in [0.29, 0.717) is 6.61 Å². The van der Waals surface area contributed by atoms with E-state index in [4.69, 9.17) is 4.74 Å². The molecule has 0 saturated heterocycles. The number of thiol groups is 1. The first-order valence-corrected chi connectivity index (χ1v) is 4.79. The van der Waals surface area contributed by atoms with Crippen molar-refractivity contribution in [3.63, 3.8) is 0 Å². The number of ether oxygens (including phenoxy) is 1. The number of benzene rings is 1. The summed E-state index contributed by atoms with van der Waals surface area (Å²) in [6.07, 6.45) is 0. The van der Waals surface area contributed by atoms with Crippen molar-refractivity contribution >= 4 is 12.6 Å². The predicted molar refractivity (Wildman–Crippen MR) is 59.2 cm³/mol. The quantitative estimate of drug-likeness (QED) is 0.731. The minimum absolute atomic E-state index is 0.0639. The molecule has 0 aliphatic heterocycles. The molecular formula is C11H16OS. The fourth-order valence-electron chi connectivity index (χ4n) is 1.18. The highest BCUT2D eigenvalue weighted by molar-refractivity contribution is 7.81. The van der Waals surface area contributed by atoms with Crippen LogP contribution in [0.5, 0.6) is 0 Å². The van der Waals surface area contributed by atoms with Crippen LogP contribution in [0.1, 0.15) is 25.0 Å². The lowest BCUT2D eigenvalue weighted by molar-refractivity contribution is 0.185. The summed E-state index contributed by atoms with van der Waals surface area (Å²) < 4.78 is 4.97. The molecule has 0 N–H and O–H groups in total. The minimum Gasteiger partial charge on any atom is -0.380 e. The molecule has 13 heavy (non-hydrogen) atoms. The van der Waals surface area contributed by atoms with E-state index in [1.54, 1.807) is 7.11 Å². The van der Waals surface area contributed by atoms with Crippen LogP contribution in [0.4, 0.5) is 0 Å². The lowest BCUT2D eigenvalue weighted by Gasteiger charge is -2.17. The van der Waals surface area contributed by atoms with Crippen molar-refractivity contribution in [1.82, 2.24) is 0 Å². The van der Waals surface area contributed by atoms with Crippen LogP contribution in [-0.4, -0.2) is 7.11 Å². The summed E-state index contributed by atoms with van der Waals surface area (Å²) in [4.78, 5) is 0. The van der Waals surface area contributed by atoms with Gasteiger partial charge in [0.25, 0.3) is 0 Å². The standard InChI is InChI=1S/C11H16OS/c1-11(2,13)10-6-4-9(5-7-10)8-12-3/h4-7,13H,8H2,1-3H3. The molecule has 0 radical (unpaired) electrons. The second kappa shape index (κ2) is 4.16. The highest BCUT2D eigenvalue weighted by Crippen LogP contribution is 2.26. The summed E-state index contributed by atoms with van der Waals surface area (Å²) >= 11 is 4.50. The largest absolute Gasteiger partial charge is 0.380 e. The van der Waals surface area contributed by atoms with E-state index in [9.17, 15) is 0 Å². The first kappa shape index (κ1) is 10.6.